The maximum absolute atomic E-state index is 11.4. The molecule has 0 atom stereocenters. The molecule has 1 saturated heterocycles. The van der Waals surface area contributed by atoms with Crippen LogP contribution < -0.4 is 0 Å². The molecular formula is C13H25N2O4+. The standard InChI is InChI=1S/C11H19N2O4.C2H6/c1-13(2,3)8-4-5-11(16)17-12-9(14)6-7-10(12)15;1-2/h4-8H2,1-3H3;1-2H3/q+1;. The van der Waals surface area contributed by atoms with Crippen molar-refractivity contribution in [2.75, 3.05) is 27.7 Å². The van der Waals surface area contributed by atoms with Crippen molar-refractivity contribution in [1.29, 1.82) is 0 Å². The summed E-state index contributed by atoms with van der Waals surface area (Å²) in [7, 11) is 6.08. The molecule has 0 spiro atoms. The van der Waals surface area contributed by atoms with Crippen molar-refractivity contribution < 1.29 is 23.7 Å². The van der Waals surface area contributed by atoms with Crippen LogP contribution in [0.15, 0.2) is 0 Å². The average Bonchev–Trinajstić information content (AvgIpc) is 2.62. The Balaban J connectivity index is 0.00000154. The highest BCUT2D eigenvalue weighted by Crippen LogP contribution is 2.13. The first-order valence-electron chi connectivity index (χ1n) is 6.66. The lowest BCUT2D eigenvalue weighted by molar-refractivity contribution is -0.870. The zero-order chi connectivity index (χ0) is 15.1. The molecule has 0 bridgehead atoms. The van der Waals surface area contributed by atoms with Crippen LogP contribution in [0.5, 0.6) is 0 Å². The Labute approximate surface area is 114 Å². The van der Waals surface area contributed by atoms with Gasteiger partial charge in [-0.15, -0.1) is 5.06 Å². The number of amides is 2. The molecule has 1 heterocycles. The first-order chi connectivity index (χ1) is 8.79. The van der Waals surface area contributed by atoms with E-state index in [9.17, 15) is 14.4 Å². The van der Waals surface area contributed by atoms with Crippen molar-refractivity contribution in [3.8, 4) is 0 Å². The van der Waals surface area contributed by atoms with Crippen LogP contribution in [0.2, 0.25) is 0 Å². The Bertz CT molecular complexity index is 318. The molecule has 0 unspecified atom stereocenters. The van der Waals surface area contributed by atoms with E-state index < -0.39 is 17.8 Å². The summed E-state index contributed by atoms with van der Waals surface area (Å²) in [5.74, 6) is -1.40. The van der Waals surface area contributed by atoms with Crippen LogP contribution in [0.1, 0.15) is 39.5 Å². The Morgan fingerprint density at radius 2 is 1.63 bits per heavy atom. The molecular weight excluding hydrogens is 248 g/mol. The second-order valence-corrected chi connectivity index (χ2v) is 5.16. The van der Waals surface area contributed by atoms with Gasteiger partial charge < -0.3 is 9.32 Å². The molecule has 1 fully saturated rings. The lowest BCUT2D eigenvalue weighted by atomic mass is 10.3. The summed E-state index contributed by atoms with van der Waals surface area (Å²) in [6, 6.07) is 0. The van der Waals surface area contributed by atoms with E-state index in [1.54, 1.807) is 0 Å². The molecule has 6 nitrogen and oxygen atoms in total. The Kier molecular flexibility index (Phi) is 7.29. The number of imide groups is 1. The number of carbonyl (C=O) groups is 3. The van der Waals surface area contributed by atoms with Gasteiger partial charge in [-0.05, 0) is 0 Å². The van der Waals surface area contributed by atoms with E-state index in [0.717, 1.165) is 11.0 Å². The van der Waals surface area contributed by atoms with Gasteiger partial charge in [-0.1, -0.05) is 13.8 Å². The summed E-state index contributed by atoms with van der Waals surface area (Å²) in [6.07, 6.45) is 1.14. The zero-order valence-corrected chi connectivity index (χ0v) is 12.6. The molecule has 2 amide bonds. The Morgan fingerprint density at radius 3 is 2.05 bits per heavy atom. The molecule has 19 heavy (non-hydrogen) atoms. The summed E-state index contributed by atoms with van der Waals surface area (Å²) in [4.78, 5) is 38.5. The van der Waals surface area contributed by atoms with Gasteiger partial charge in [-0.25, -0.2) is 4.79 Å². The van der Waals surface area contributed by atoms with Crippen LogP contribution in [0.25, 0.3) is 0 Å². The number of hydroxylamine groups is 2. The number of nitrogens with zero attached hydrogens (tertiary/aromatic N) is 2. The largest absolute Gasteiger partial charge is 0.333 e. The fraction of sp³-hybridized carbons (Fsp3) is 0.769. The summed E-state index contributed by atoms with van der Waals surface area (Å²) in [6.45, 7) is 4.83. The fourth-order valence-corrected chi connectivity index (χ4v) is 1.50. The minimum atomic E-state index is -0.526. The molecule has 1 aliphatic heterocycles. The van der Waals surface area contributed by atoms with Gasteiger partial charge >= 0.3 is 5.97 Å². The maximum Gasteiger partial charge on any atom is 0.333 e. The molecule has 0 aliphatic carbocycles. The van der Waals surface area contributed by atoms with E-state index in [1.165, 1.54) is 0 Å². The predicted molar refractivity (Wildman–Crippen MR) is 70.7 cm³/mol. The molecule has 0 radical (unpaired) electrons. The molecule has 0 saturated carbocycles. The van der Waals surface area contributed by atoms with Gasteiger partial charge in [0.1, 0.15) is 0 Å². The number of hydrogen-bond donors (Lipinski definition) is 0. The summed E-state index contributed by atoms with van der Waals surface area (Å²) in [5, 5.41) is 0.592. The molecule has 0 aromatic carbocycles. The van der Waals surface area contributed by atoms with Crippen LogP contribution in [0.4, 0.5) is 0 Å². The van der Waals surface area contributed by atoms with Crippen molar-refractivity contribution in [3.05, 3.63) is 0 Å². The summed E-state index contributed by atoms with van der Waals surface area (Å²) >= 11 is 0. The topological polar surface area (TPSA) is 63.7 Å². The zero-order valence-electron chi connectivity index (χ0n) is 12.6. The van der Waals surface area contributed by atoms with E-state index in [2.05, 4.69) is 0 Å². The third-order valence-electron chi connectivity index (χ3n) is 2.41. The lowest BCUT2D eigenvalue weighted by Gasteiger charge is -2.23. The second-order valence-electron chi connectivity index (χ2n) is 5.16. The number of hydrogen-bond acceptors (Lipinski definition) is 4. The summed E-state index contributed by atoms with van der Waals surface area (Å²) in [5.41, 5.74) is 0. The third kappa shape index (κ3) is 6.91. The van der Waals surface area contributed by atoms with Crippen molar-refractivity contribution in [2.45, 2.75) is 39.5 Å². The molecule has 0 aromatic heterocycles. The number of quaternary nitrogens is 1. The van der Waals surface area contributed by atoms with Crippen LogP contribution in [0, 0.1) is 0 Å². The highest BCUT2D eigenvalue weighted by Gasteiger charge is 2.32. The van der Waals surface area contributed by atoms with Gasteiger partial charge in [0.2, 0.25) is 0 Å². The number of carbonyl (C=O) groups excluding carboxylic acids is 3. The molecule has 0 N–H and O–H groups in total. The van der Waals surface area contributed by atoms with Crippen LogP contribution in [0.3, 0.4) is 0 Å². The van der Waals surface area contributed by atoms with Gasteiger partial charge in [0.25, 0.3) is 11.8 Å². The SMILES string of the molecule is CC.C[N+](C)(C)CCCC(=O)ON1C(=O)CCC1=O. The first kappa shape index (κ1) is 17.6. The van der Waals surface area contributed by atoms with Crippen molar-refractivity contribution in [3.63, 3.8) is 0 Å². The van der Waals surface area contributed by atoms with Gasteiger partial charge in [0.15, 0.2) is 0 Å². The maximum atomic E-state index is 11.4. The van der Waals surface area contributed by atoms with Gasteiger partial charge in [0, 0.05) is 19.3 Å². The molecule has 0 aromatic rings. The smallest absolute Gasteiger partial charge is 0.331 e. The van der Waals surface area contributed by atoms with Gasteiger partial charge in [0.05, 0.1) is 34.1 Å². The van der Waals surface area contributed by atoms with E-state index in [-0.39, 0.29) is 19.3 Å². The van der Waals surface area contributed by atoms with E-state index >= 15 is 0 Å². The Morgan fingerprint density at radius 1 is 1.16 bits per heavy atom. The van der Waals surface area contributed by atoms with Crippen molar-refractivity contribution in [2.24, 2.45) is 0 Å². The number of rotatable bonds is 5. The molecule has 110 valence electrons. The average molecular weight is 273 g/mol. The van der Waals surface area contributed by atoms with E-state index in [4.69, 9.17) is 4.84 Å². The minimum Gasteiger partial charge on any atom is -0.331 e. The van der Waals surface area contributed by atoms with E-state index in [1.807, 2.05) is 35.0 Å². The van der Waals surface area contributed by atoms with Crippen LogP contribution in [-0.4, -0.2) is 55.0 Å². The second kappa shape index (κ2) is 7.89. The molecule has 6 heteroatoms. The predicted octanol–water partition coefficient (Wildman–Crippen LogP) is 1.11. The molecule has 1 aliphatic rings. The monoisotopic (exact) mass is 273 g/mol. The molecule has 1 rings (SSSR count). The fourth-order valence-electron chi connectivity index (χ4n) is 1.50. The third-order valence-corrected chi connectivity index (χ3v) is 2.41. The van der Waals surface area contributed by atoms with Gasteiger partial charge in [-0.3, -0.25) is 9.59 Å². The first-order valence-corrected chi connectivity index (χ1v) is 6.66. The highest BCUT2D eigenvalue weighted by molar-refractivity contribution is 6.01. The Hall–Kier alpha value is -1.43. The lowest BCUT2D eigenvalue weighted by Crippen LogP contribution is -2.36. The van der Waals surface area contributed by atoms with Crippen molar-refractivity contribution >= 4 is 17.8 Å². The summed E-state index contributed by atoms with van der Waals surface area (Å²) < 4.78 is 0.759. The minimum absolute atomic E-state index is 0.130. The normalized spacial score (nSPS) is 15.1. The quantitative estimate of drug-likeness (QED) is 0.556. The van der Waals surface area contributed by atoms with Crippen LogP contribution >= 0.6 is 0 Å². The van der Waals surface area contributed by atoms with Crippen molar-refractivity contribution in [1.82, 2.24) is 5.06 Å². The van der Waals surface area contributed by atoms with Gasteiger partial charge in [-0.2, -0.15) is 0 Å². The highest BCUT2D eigenvalue weighted by atomic mass is 16.7. The van der Waals surface area contributed by atoms with E-state index in [0.29, 0.717) is 11.5 Å². The van der Waals surface area contributed by atoms with Crippen LogP contribution in [-0.2, 0) is 19.2 Å².